The van der Waals surface area contributed by atoms with Crippen LogP contribution in [0, 0.1) is 53.3 Å². The first-order chi connectivity index (χ1) is 15.2. The van der Waals surface area contributed by atoms with Crippen LogP contribution in [0.1, 0.15) is 92.4 Å². The minimum absolute atomic E-state index is 0.204. The molecule has 3 aliphatic carbocycles. The summed E-state index contributed by atoms with van der Waals surface area (Å²) in [6.45, 7) is 12.6. The van der Waals surface area contributed by atoms with E-state index < -0.39 is 5.97 Å². The zero-order chi connectivity index (χ0) is 23.1. The Balaban J connectivity index is 1.46. The van der Waals surface area contributed by atoms with E-state index in [1.54, 1.807) is 0 Å². The molecule has 0 aromatic rings. The largest absolute Gasteiger partial charge is 0.450 e. The minimum Gasteiger partial charge on any atom is -0.450 e. The maximum Gasteiger partial charge on any atom is 0.384 e. The first-order valence-electron chi connectivity index (χ1n) is 13.2. The Kier molecular flexibility index (Phi) is 6.84. The number of carbonyl (C=O) groups is 1. The number of fused-ring (bicyclic) bond motifs is 5. The monoisotopic (exact) mass is 440 g/mol. The molecule has 0 aromatic carbocycles. The average molecular weight is 441 g/mol. The van der Waals surface area contributed by atoms with Crippen LogP contribution in [0.15, 0.2) is 11.6 Å². The highest BCUT2D eigenvalue weighted by molar-refractivity contribution is 5.87. The second-order valence-corrected chi connectivity index (χ2v) is 12.2. The van der Waals surface area contributed by atoms with E-state index >= 15 is 0 Å². The summed E-state index contributed by atoms with van der Waals surface area (Å²) in [5.74, 6) is 6.13. The van der Waals surface area contributed by atoms with Crippen LogP contribution in [-0.2, 0) is 14.3 Å². The van der Waals surface area contributed by atoms with E-state index in [4.69, 9.17) is 15.9 Å². The van der Waals surface area contributed by atoms with Gasteiger partial charge in [-0.1, -0.05) is 53.0 Å². The van der Waals surface area contributed by atoms with Gasteiger partial charge in [0.1, 0.15) is 6.10 Å². The van der Waals surface area contributed by atoms with Gasteiger partial charge in [-0.2, -0.15) is 0 Å². The highest BCUT2D eigenvalue weighted by Crippen LogP contribution is 2.65. The van der Waals surface area contributed by atoms with Crippen LogP contribution in [0.25, 0.3) is 0 Å². The lowest BCUT2D eigenvalue weighted by atomic mass is 9.51. The van der Waals surface area contributed by atoms with E-state index in [-0.39, 0.29) is 11.7 Å². The molecular weight excluding hydrogens is 396 g/mol. The van der Waals surface area contributed by atoms with Gasteiger partial charge in [-0.15, -0.1) is 6.42 Å². The van der Waals surface area contributed by atoms with Gasteiger partial charge < -0.3 is 9.47 Å². The molecule has 32 heavy (non-hydrogen) atoms. The fraction of sp³-hybridized carbons (Fsp3) is 0.828. The van der Waals surface area contributed by atoms with Crippen molar-refractivity contribution in [3.05, 3.63) is 11.6 Å². The van der Waals surface area contributed by atoms with Gasteiger partial charge in [-0.25, -0.2) is 4.79 Å². The predicted molar refractivity (Wildman–Crippen MR) is 129 cm³/mol. The van der Waals surface area contributed by atoms with Gasteiger partial charge in [0.15, 0.2) is 0 Å². The van der Waals surface area contributed by atoms with Gasteiger partial charge >= 0.3 is 5.97 Å². The molecule has 4 aliphatic rings. The molecule has 178 valence electrons. The number of rotatable bonds is 6. The Morgan fingerprint density at radius 3 is 2.72 bits per heavy atom. The predicted octanol–water partition coefficient (Wildman–Crippen LogP) is 6.56. The van der Waals surface area contributed by atoms with Gasteiger partial charge in [-0.05, 0) is 85.5 Å². The highest BCUT2D eigenvalue weighted by atomic mass is 16.6. The molecule has 3 nitrogen and oxygen atoms in total. The molecule has 1 saturated heterocycles. The van der Waals surface area contributed by atoms with Crippen LogP contribution in [-0.4, -0.2) is 24.3 Å². The first kappa shape index (κ1) is 23.9. The molecule has 0 radical (unpaired) electrons. The van der Waals surface area contributed by atoms with Gasteiger partial charge in [0.25, 0.3) is 0 Å². The van der Waals surface area contributed by atoms with Crippen molar-refractivity contribution in [3.8, 4) is 12.3 Å². The summed E-state index contributed by atoms with van der Waals surface area (Å²) in [7, 11) is 0. The third-order valence-electron chi connectivity index (χ3n) is 10.0. The van der Waals surface area contributed by atoms with Crippen LogP contribution in [0.3, 0.4) is 0 Å². The lowest BCUT2D eigenvalue weighted by Crippen LogP contribution is -2.56. The summed E-state index contributed by atoms with van der Waals surface area (Å²) in [4.78, 5) is 11.6. The zero-order valence-electron chi connectivity index (χ0n) is 21.0. The second kappa shape index (κ2) is 9.17. The average Bonchev–Trinajstić information content (AvgIpc) is 3.11. The van der Waals surface area contributed by atoms with Gasteiger partial charge in [0, 0.05) is 12.3 Å². The minimum atomic E-state index is -0.579. The molecule has 1 heterocycles. The molecule has 3 fully saturated rings. The van der Waals surface area contributed by atoms with Crippen LogP contribution < -0.4 is 0 Å². The third kappa shape index (κ3) is 4.18. The fourth-order valence-corrected chi connectivity index (χ4v) is 8.36. The summed E-state index contributed by atoms with van der Waals surface area (Å²) < 4.78 is 11.9. The van der Waals surface area contributed by atoms with Crippen LogP contribution in [0.4, 0.5) is 0 Å². The summed E-state index contributed by atoms with van der Waals surface area (Å²) in [6.07, 6.45) is 18.8. The molecule has 0 bridgehead atoms. The quantitative estimate of drug-likeness (QED) is 0.203. The maximum atomic E-state index is 11.6. The maximum absolute atomic E-state index is 11.6. The first-order valence-corrected chi connectivity index (χ1v) is 13.2. The van der Waals surface area contributed by atoms with E-state index in [0.29, 0.717) is 17.9 Å². The molecule has 0 aromatic heterocycles. The molecule has 8 atom stereocenters. The van der Waals surface area contributed by atoms with E-state index in [2.05, 4.69) is 46.6 Å². The molecule has 3 heteroatoms. The Hall–Kier alpha value is -1.27. The van der Waals surface area contributed by atoms with Crippen molar-refractivity contribution in [1.82, 2.24) is 0 Å². The number of esters is 1. The van der Waals surface area contributed by atoms with Crippen molar-refractivity contribution >= 4 is 5.97 Å². The number of terminal acetylenes is 1. The van der Waals surface area contributed by atoms with Crippen molar-refractivity contribution in [3.63, 3.8) is 0 Å². The Morgan fingerprint density at radius 1 is 1.22 bits per heavy atom. The Morgan fingerprint density at radius 2 is 2.00 bits per heavy atom. The molecule has 2 saturated carbocycles. The number of allylic oxidation sites excluding steroid dienone is 1. The van der Waals surface area contributed by atoms with E-state index in [1.165, 1.54) is 50.5 Å². The highest BCUT2D eigenvalue weighted by Gasteiger charge is 2.59. The fourth-order valence-electron chi connectivity index (χ4n) is 8.36. The third-order valence-corrected chi connectivity index (χ3v) is 10.0. The second-order valence-electron chi connectivity index (χ2n) is 12.2. The van der Waals surface area contributed by atoms with Crippen LogP contribution >= 0.6 is 0 Å². The molecule has 4 rings (SSSR count). The normalized spacial score (nSPS) is 41.7. The summed E-state index contributed by atoms with van der Waals surface area (Å²) >= 11 is 0. The van der Waals surface area contributed by atoms with Crippen molar-refractivity contribution in [2.24, 2.45) is 40.9 Å². The van der Waals surface area contributed by atoms with Crippen LogP contribution in [0.5, 0.6) is 0 Å². The smallest absolute Gasteiger partial charge is 0.384 e. The molecule has 0 spiro atoms. The summed E-state index contributed by atoms with van der Waals surface area (Å²) in [5.41, 5.74) is 1.62. The number of carbonyl (C=O) groups excluding carboxylic acids is 1. The molecular formula is C29H44O3. The summed E-state index contributed by atoms with van der Waals surface area (Å²) in [5, 5.41) is 0. The van der Waals surface area contributed by atoms with Gasteiger partial charge in [0.05, 0.1) is 12.2 Å². The number of ether oxygens (including phenoxy) is 2. The Bertz CT molecular complexity index is 776. The van der Waals surface area contributed by atoms with Crippen molar-refractivity contribution in [1.29, 1.82) is 0 Å². The topological polar surface area (TPSA) is 35.5 Å². The van der Waals surface area contributed by atoms with Crippen molar-refractivity contribution < 1.29 is 14.3 Å². The molecule has 0 amide bonds. The zero-order valence-corrected chi connectivity index (χ0v) is 21.0. The summed E-state index contributed by atoms with van der Waals surface area (Å²) in [6, 6.07) is 0. The van der Waals surface area contributed by atoms with Gasteiger partial charge in [-0.3, -0.25) is 0 Å². The lowest BCUT2D eigenvalue weighted by molar-refractivity contribution is -0.171. The Labute approximate surface area is 196 Å². The SMILES string of the molecule is C#CC(=O)O[C@H]1CO[C@@]2(C)C(=CC[C@@H]3C2CC[C@@]2(C)C3CC[C@@H]2[C@H](C)CCCC(C)C)C1. The molecule has 2 unspecified atom stereocenters. The molecule has 1 aliphatic heterocycles. The van der Waals surface area contributed by atoms with E-state index in [1.807, 2.05) is 0 Å². The van der Waals surface area contributed by atoms with E-state index in [0.717, 1.165) is 42.4 Å². The van der Waals surface area contributed by atoms with Gasteiger partial charge in [0.2, 0.25) is 0 Å². The lowest BCUT2D eigenvalue weighted by Gasteiger charge is -2.57. The molecule has 0 N–H and O–H groups in total. The van der Waals surface area contributed by atoms with Crippen LogP contribution in [0.2, 0.25) is 0 Å². The number of hydrogen-bond acceptors (Lipinski definition) is 3. The van der Waals surface area contributed by atoms with Crippen molar-refractivity contribution in [2.45, 2.75) is 104 Å². The van der Waals surface area contributed by atoms with Crippen molar-refractivity contribution in [2.75, 3.05) is 6.61 Å². The van der Waals surface area contributed by atoms with E-state index in [9.17, 15) is 4.79 Å². The number of hydrogen-bond donors (Lipinski definition) is 0. The standard InChI is InChI=1S/C29H44O3/c1-7-27(30)32-22-17-21-11-12-23-25-14-13-24(20(4)10-8-9-19(2)3)28(25,5)16-15-26(23)29(21,6)31-18-22/h1,11,19-20,22-26H,8-10,12-18H2,2-6H3/t20-,22-,23+,24-,25?,26?,28-,29+/m1/s1.